The third-order valence-corrected chi connectivity index (χ3v) is 3.71. The van der Waals surface area contributed by atoms with E-state index in [-0.39, 0.29) is 11.4 Å². The third kappa shape index (κ3) is 4.52. The van der Waals surface area contributed by atoms with Crippen LogP contribution in [-0.2, 0) is 4.79 Å². The molecule has 0 aromatic heterocycles. The molecule has 0 heterocycles. The lowest BCUT2D eigenvalue weighted by Crippen LogP contribution is -2.46. The Kier molecular flexibility index (Phi) is 5.26. The predicted molar refractivity (Wildman–Crippen MR) is 67.1 cm³/mol. The zero-order chi connectivity index (χ0) is 12.0. The van der Waals surface area contributed by atoms with E-state index in [1.807, 2.05) is 0 Å². The van der Waals surface area contributed by atoms with Gasteiger partial charge in [-0.05, 0) is 18.8 Å². The van der Waals surface area contributed by atoms with Gasteiger partial charge in [0, 0.05) is 18.5 Å². The van der Waals surface area contributed by atoms with Gasteiger partial charge in [0.1, 0.15) is 0 Å². The van der Waals surface area contributed by atoms with Crippen molar-refractivity contribution in [2.24, 2.45) is 11.7 Å². The molecule has 0 radical (unpaired) electrons. The van der Waals surface area contributed by atoms with Gasteiger partial charge in [-0.1, -0.05) is 39.5 Å². The van der Waals surface area contributed by atoms with Gasteiger partial charge in [0.15, 0.2) is 0 Å². The first-order valence-corrected chi connectivity index (χ1v) is 6.61. The molecule has 1 aliphatic rings. The van der Waals surface area contributed by atoms with Crippen molar-refractivity contribution in [2.75, 3.05) is 6.54 Å². The molecule has 3 nitrogen and oxygen atoms in total. The molecule has 0 aromatic rings. The van der Waals surface area contributed by atoms with Gasteiger partial charge >= 0.3 is 0 Å². The van der Waals surface area contributed by atoms with Gasteiger partial charge in [-0.3, -0.25) is 4.79 Å². The highest BCUT2D eigenvalue weighted by atomic mass is 16.1. The molecular formula is C13H26N2O. The Balaban J connectivity index is 2.27. The second kappa shape index (κ2) is 6.24. The Morgan fingerprint density at radius 1 is 1.38 bits per heavy atom. The number of nitrogens with two attached hydrogens (primary N) is 1. The predicted octanol–water partition coefficient (Wildman–Crippen LogP) is 2.20. The van der Waals surface area contributed by atoms with Crippen LogP contribution in [0, 0.1) is 5.92 Å². The van der Waals surface area contributed by atoms with Gasteiger partial charge in [0.25, 0.3) is 0 Å². The number of nitrogens with one attached hydrogen (secondary N) is 1. The number of hydrogen-bond acceptors (Lipinski definition) is 2. The maximum absolute atomic E-state index is 11.7. The summed E-state index contributed by atoms with van der Waals surface area (Å²) in [6.07, 6.45) is 7.24. The Hall–Kier alpha value is -0.570. The molecule has 3 N–H and O–H groups in total. The normalized spacial score (nSPS) is 21.4. The van der Waals surface area contributed by atoms with Crippen molar-refractivity contribution in [3.8, 4) is 0 Å². The Morgan fingerprint density at radius 3 is 2.56 bits per heavy atom. The Morgan fingerprint density at radius 2 is 2.00 bits per heavy atom. The monoisotopic (exact) mass is 226 g/mol. The summed E-state index contributed by atoms with van der Waals surface area (Å²) in [6.45, 7) is 5.08. The smallest absolute Gasteiger partial charge is 0.221 e. The number of amides is 1. The summed E-state index contributed by atoms with van der Waals surface area (Å²) in [4.78, 5) is 11.7. The quantitative estimate of drug-likeness (QED) is 0.755. The van der Waals surface area contributed by atoms with Gasteiger partial charge in [-0.2, -0.15) is 0 Å². The van der Waals surface area contributed by atoms with E-state index in [0.29, 0.717) is 12.3 Å². The molecule has 3 heteroatoms. The molecular weight excluding hydrogens is 200 g/mol. The summed E-state index contributed by atoms with van der Waals surface area (Å²) in [5.41, 5.74) is 6.01. The molecule has 1 atom stereocenters. The summed E-state index contributed by atoms with van der Waals surface area (Å²) in [7, 11) is 0. The zero-order valence-corrected chi connectivity index (χ0v) is 10.7. The molecule has 1 fully saturated rings. The first kappa shape index (κ1) is 13.5. The van der Waals surface area contributed by atoms with Crippen LogP contribution in [0.15, 0.2) is 0 Å². The van der Waals surface area contributed by atoms with E-state index >= 15 is 0 Å². The van der Waals surface area contributed by atoms with Crippen molar-refractivity contribution in [1.82, 2.24) is 5.32 Å². The highest BCUT2D eigenvalue weighted by molar-refractivity contribution is 5.77. The van der Waals surface area contributed by atoms with E-state index < -0.39 is 0 Å². The second-order valence-corrected chi connectivity index (χ2v) is 5.42. The maximum atomic E-state index is 11.7. The van der Waals surface area contributed by atoms with Gasteiger partial charge in [-0.15, -0.1) is 0 Å². The summed E-state index contributed by atoms with van der Waals surface area (Å²) in [5.74, 6) is 0.689. The highest BCUT2D eigenvalue weighted by Crippen LogP contribution is 2.28. The Bertz CT molecular complexity index is 222. The van der Waals surface area contributed by atoms with Crippen molar-refractivity contribution >= 4 is 5.91 Å². The second-order valence-electron chi connectivity index (χ2n) is 5.42. The SMILES string of the molecule is CCC(C)CNC(=O)CC1(N)CCCCC1. The lowest BCUT2D eigenvalue weighted by molar-refractivity contribution is -0.122. The number of carbonyl (C=O) groups is 1. The van der Waals surface area contributed by atoms with E-state index in [2.05, 4.69) is 19.2 Å². The molecule has 0 aromatic carbocycles. The number of hydrogen-bond donors (Lipinski definition) is 2. The molecule has 1 saturated carbocycles. The van der Waals surface area contributed by atoms with Crippen LogP contribution in [0.4, 0.5) is 0 Å². The largest absolute Gasteiger partial charge is 0.356 e. The van der Waals surface area contributed by atoms with Crippen LogP contribution in [0.25, 0.3) is 0 Å². The molecule has 1 rings (SSSR count). The van der Waals surface area contributed by atoms with Crippen LogP contribution in [-0.4, -0.2) is 18.0 Å². The topological polar surface area (TPSA) is 55.1 Å². The summed E-state index contributed by atoms with van der Waals surface area (Å²) < 4.78 is 0. The average molecular weight is 226 g/mol. The van der Waals surface area contributed by atoms with Crippen molar-refractivity contribution < 1.29 is 4.79 Å². The van der Waals surface area contributed by atoms with Crippen molar-refractivity contribution in [1.29, 1.82) is 0 Å². The highest BCUT2D eigenvalue weighted by Gasteiger charge is 2.29. The molecule has 16 heavy (non-hydrogen) atoms. The van der Waals surface area contributed by atoms with Crippen LogP contribution >= 0.6 is 0 Å². The minimum atomic E-state index is -0.224. The minimum absolute atomic E-state index is 0.129. The first-order valence-electron chi connectivity index (χ1n) is 6.61. The molecule has 0 saturated heterocycles. The van der Waals surface area contributed by atoms with Crippen LogP contribution in [0.5, 0.6) is 0 Å². The van der Waals surface area contributed by atoms with Crippen LogP contribution in [0.1, 0.15) is 58.8 Å². The van der Waals surface area contributed by atoms with Crippen LogP contribution in [0.3, 0.4) is 0 Å². The third-order valence-electron chi connectivity index (χ3n) is 3.71. The summed E-state index contributed by atoms with van der Waals surface area (Å²) in [5, 5.41) is 2.99. The lowest BCUT2D eigenvalue weighted by atomic mass is 9.80. The van der Waals surface area contributed by atoms with Gasteiger partial charge in [0.2, 0.25) is 5.91 Å². The van der Waals surface area contributed by atoms with E-state index in [1.54, 1.807) is 0 Å². The fraction of sp³-hybridized carbons (Fsp3) is 0.923. The molecule has 1 amide bonds. The first-order chi connectivity index (χ1) is 7.56. The maximum Gasteiger partial charge on any atom is 0.221 e. The van der Waals surface area contributed by atoms with E-state index in [9.17, 15) is 4.79 Å². The van der Waals surface area contributed by atoms with Crippen molar-refractivity contribution in [2.45, 2.75) is 64.3 Å². The van der Waals surface area contributed by atoms with Gasteiger partial charge in [-0.25, -0.2) is 0 Å². The van der Waals surface area contributed by atoms with E-state index in [4.69, 9.17) is 5.73 Å². The summed E-state index contributed by atoms with van der Waals surface area (Å²) >= 11 is 0. The molecule has 1 aliphatic carbocycles. The number of carbonyl (C=O) groups excluding carboxylic acids is 1. The minimum Gasteiger partial charge on any atom is -0.356 e. The molecule has 0 spiro atoms. The van der Waals surface area contributed by atoms with Gasteiger partial charge < -0.3 is 11.1 Å². The zero-order valence-electron chi connectivity index (χ0n) is 10.7. The van der Waals surface area contributed by atoms with Gasteiger partial charge in [0.05, 0.1) is 0 Å². The van der Waals surface area contributed by atoms with E-state index in [0.717, 1.165) is 25.8 Å². The van der Waals surface area contributed by atoms with E-state index in [1.165, 1.54) is 19.3 Å². The lowest BCUT2D eigenvalue weighted by Gasteiger charge is -2.32. The number of rotatable bonds is 5. The standard InChI is InChI=1S/C13H26N2O/c1-3-11(2)10-15-12(16)9-13(14)7-5-4-6-8-13/h11H,3-10,14H2,1-2H3,(H,15,16). The molecule has 1 unspecified atom stereocenters. The van der Waals surface area contributed by atoms with Crippen LogP contribution < -0.4 is 11.1 Å². The fourth-order valence-electron chi connectivity index (χ4n) is 2.25. The molecule has 0 aliphatic heterocycles. The van der Waals surface area contributed by atoms with Crippen molar-refractivity contribution in [3.05, 3.63) is 0 Å². The summed E-state index contributed by atoms with van der Waals surface area (Å²) in [6, 6.07) is 0. The average Bonchev–Trinajstić information content (AvgIpc) is 2.26. The van der Waals surface area contributed by atoms with Crippen molar-refractivity contribution in [3.63, 3.8) is 0 Å². The molecule has 94 valence electrons. The molecule has 0 bridgehead atoms. The van der Waals surface area contributed by atoms with Crippen LogP contribution in [0.2, 0.25) is 0 Å². The fourth-order valence-corrected chi connectivity index (χ4v) is 2.25. The Labute approximate surface area is 99.2 Å².